The summed E-state index contributed by atoms with van der Waals surface area (Å²) in [4.78, 5) is 12.3. The van der Waals surface area contributed by atoms with Gasteiger partial charge in [-0.1, -0.05) is 71.1 Å². The maximum Gasteiger partial charge on any atom is 0.344 e. The quantitative estimate of drug-likeness (QED) is 0.251. The van der Waals surface area contributed by atoms with Gasteiger partial charge in [0.05, 0.1) is 0 Å². The molecular formula is C28H25BrO3S. The molecule has 0 fully saturated rings. The second-order valence-corrected chi connectivity index (χ2v) is 9.34. The lowest BCUT2D eigenvalue weighted by molar-refractivity contribution is -0.145. The zero-order valence-corrected chi connectivity index (χ0v) is 20.9. The van der Waals surface area contributed by atoms with Gasteiger partial charge in [0, 0.05) is 26.3 Å². The first-order valence-electron chi connectivity index (χ1n) is 10.6. The fourth-order valence-electron chi connectivity index (χ4n) is 3.06. The zero-order chi connectivity index (χ0) is 23.6. The third-order valence-electron chi connectivity index (χ3n) is 4.87. The molecule has 3 nitrogen and oxygen atoms in total. The molecule has 1 atom stereocenters. The molecule has 33 heavy (non-hydrogen) atoms. The van der Waals surface area contributed by atoms with Crippen molar-refractivity contribution in [2.75, 3.05) is 5.75 Å². The molecule has 0 radical (unpaired) electrons. The third kappa shape index (κ3) is 7.56. The highest BCUT2D eigenvalue weighted by molar-refractivity contribution is 9.10. The van der Waals surface area contributed by atoms with E-state index in [9.17, 15) is 9.90 Å². The second kappa shape index (κ2) is 12.3. The Labute approximate surface area is 208 Å². The number of halogens is 1. The van der Waals surface area contributed by atoms with Gasteiger partial charge in [0.2, 0.25) is 0 Å². The van der Waals surface area contributed by atoms with Crippen LogP contribution in [0.25, 0.3) is 5.57 Å². The predicted molar refractivity (Wildman–Crippen MR) is 140 cm³/mol. The Balaban J connectivity index is 1.75. The van der Waals surface area contributed by atoms with Gasteiger partial charge in [-0.25, -0.2) is 4.79 Å². The molecule has 0 bridgehead atoms. The van der Waals surface area contributed by atoms with Gasteiger partial charge in [0.1, 0.15) is 5.75 Å². The fraction of sp³-hybridized carbons (Fsp3) is 0.179. The number of ether oxygens (including phenoxy) is 1. The minimum Gasteiger partial charge on any atom is -0.479 e. The van der Waals surface area contributed by atoms with Crippen LogP contribution in [0, 0.1) is 18.8 Å². The Morgan fingerprint density at radius 1 is 1.12 bits per heavy atom. The van der Waals surface area contributed by atoms with Crippen molar-refractivity contribution in [1.29, 1.82) is 0 Å². The monoisotopic (exact) mass is 520 g/mol. The van der Waals surface area contributed by atoms with Crippen LogP contribution in [0.4, 0.5) is 0 Å². The Bertz CT molecular complexity index is 1180. The van der Waals surface area contributed by atoms with E-state index >= 15 is 0 Å². The van der Waals surface area contributed by atoms with Crippen molar-refractivity contribution >= 4 is 39.2 Å². The first-order valence-corrected chi connectivity index (χ1v) is 12.4. The van der Waals surface area contributed by atoms with Crippen molar-refractivity contribution in [3.63, 3.8) is 0 Å². The lowest BCUT2D eigenvalue weighted by Gasteiger charge is -2.15. The summed E-state index contributed by atoms with van der Waals surface area (Å²) in [6.07, 6.45) is 1.72. The summed E-state index contributed by atoms with van der Waals surface area (Å²) in [5.41, 5.74) is 3.94. The van der Waals surface area contributed by atoms with Crippen LogP contribution < -0.4 is 4.74 Å². The summed E-state index contributed by atoms with van der Waals surface area (Å²) in [6, 6.07) is 23.9. The lowest BCUT2D eigenvalue weighted by Crippen LogP contribution is -2.26. The molecule has 1 unspecified atom stereocenters. The molecule has 0 aliphatic heterocycles. The van der Waals surface area contributed by atoms with Gasteiger partial charge < -0.3 is 9.84 Å². The molecule has 0 heterocycles. The van der Waals surface area contributed by atoms with E-state index in [2.05, 4.69) is 46.0 Å². The van der Waals surface area contributed by atoms with Crippen LogP contribution in [-0.2, 0) is 4.79 Å². The van der Waals surface area contributed by atoms with Gasteiger partial charge in [0.15, 0.2) is 6.10 Å². The molecule has 5 heteroatoms. The number of allylic oxidation sites excluding steroid dienone is 1. The Kier molecular flexibility index (Phi) is 9.24. The first kappa shape index (κ1) is 24.7. The largest absolute Gasteiger partial charge is 0.479 e. The topological polar surface area (TPSA) is 46.5 Å². The van der Waals surface area contributed by atoms with Crippen molar-refractivity contribution in [2.24, 2.45) is 0 Å². The molecule has 0 saturated heterocycles. The van der Waals surface area contributed by atoms with Crippen LogP contribution in [0.15, 0.2) is 88.2 Å². The fourth-order valence-corrected chi connectivity index (χ4v) is 4.19. The molecule has 3 aromatic rings. The molecule has 3 aromatic carbocycles. The summed E-state index contributed by atoms with van der Waals surface area (Å²) in [6.45, 7) is 3.73. The summed E-state index contributed by atoms with van der Waals surface area (Å²) in [7, 11) is 0. The van der Waals surface area contributed by atoms with Gasteiger partial charge in [-0.2, -0.15) is 0 Å². The van der Waals surface area contributed by atoms with Gasteiger partial charge in [0.25, 0.3) is 0 Å². The van der Waals surface area contributed by atoms with Crippen molar-refractivity contribution in [3.05, 3.63) is 100 Å². The van der Waals surface area contributed by atoms with E-state index in [1.165, 1.54) is 0 Å². The van der Waals surface area contributed by atoms with Gasteiger partial charge in [-0.15, -0.1) is 11.8 Å². The van der Waals surface area contributed by atoms with Crippen LogP contribution in [0.1, 0.15) is 30.0 Å². The van der Waals surface area contributed by atoms with Crippen LogP contribution >= 0.6 is 27.7 Å². The highest BCUT2D eigenvalue weighted by Crippen LogP contribution is 2.28. The number of carbonyl (C=O) groups is 1. The molecule has 0 aliphatic carbocycles. The predicted octanol–water partition coefficient (Wildman–Crippen LogP) is 7.23. The minimum absolute atomic E-state index is 0.416. The number of hydrogen-bond donors (Lipinski definition) is 1. The number of aryl methyl sites for hydroxylation is 1. The minimum atomic E-state index is -0.947. The number of aliphatic carboxylic acids is 1. The first-order chi connectivity index (χ1) is 16.0. The van der Waals surface area contributed by atoms with E-state index in [0.29, 0.717) is 12.2 Å². The van der Waals surface area contributed by atoms with E-state index in [1.807, 2.05) is 67.6 Å². The zero-order valence-electron chi connectivity index (χ0n) is 18.5. The van der Waals surface area contributed by atoms with Crippen LogP contribution in [0.5, 0.6) is 5.75 Å². The molecule has 0 amide bonds. The maximum atomic E-state index is 11.2. The van der Waals surface area contributed by atoms with Crippen LogP contribution in [0.3, 0.4) is 0 Å². The smallest absolute Gasteiger partial charge is 0.344 e. The molecule has 0 spiro atoms. The average Bonchev–Trinajstić information content (AvgIpc) is 2.82. The molecule has 0 aromatic heterocycles. The van der Waals surface area contributed by atoms with Crippen LogP contribution in [-0.4, -0.2) is 22.9 Å². The van der Waals surface area contributed by atoms with Gasteiger partial charge in [-0.05, 0) is 66.9 Å². The highest BCUT2D eigenvalue weighted by Gasteiger charge is 2.17. The second-order valence-electron chi connectivity index (χ2n) is 7.33. The van der Waals surface area contributed by atoms with E-state index in [-0.39, 0.29) is 0 Å². The van der Waals surface area contributed by atoms with E-state index in [1.54, 1.807) is 18.7 Å². The summed E-state index contributed by atoms with van der Waals surface area (Å²) in [5.74, 6) is 6.99. The number of hydrogen-bond acceptors (Lipinski definition) is 3. The molecule has 3 rings (SSSR count). The Morgan fingerprint density at radius 3 is 2.48 bits per heavy atom. The van der Waals surface area contributed by atoms with Gasteiger partial charge >= 0.3 is 5.97 Å². The molecular weight excluding hydrogens is 496 g/mol. The normalized spacial score (nSPS) is 11.9. The van der Waals surface area contributed by atoms with Crippen molar-refractivity contribution < 1.29 is 14.6 Å². The molecule has 1 N–H and O–H groups in total. The number of rotatable bonds is 8. The van der Waals surface area contributed by atoms with Crippen molar-refractivity contribution in [2.45, 2.75) is 31.3 Å². The Morgan fingerprint density at radius 2 is 1.85 bits per heavy atom. The molecule has 168 valence electrons. The molecule has 0 aliphatic rings. The van der Waals surface area contributed by atoms with Crippen molar-refractivity contribution in [3.8, 4) is 17.6 Å². The highest BCUT2D eigenvalue weighted by atomic mass is 79.9. The number of benzene rings is 3. The molecule has 0 saturated carbocycles. The average molecular weight is 521 g/mol. The van der Waals surface area contributed by atoms with Gasteiger partial charge in [-0.3, -0.25) is 0 Å². The van der Waals surface area contributed by atoms with E-state index in [0.717, 1.165) is 37.4 Å². The summed E-state index contributed by atoms with van der Waals surface area (Å²) >= 11 is 5.19. The van der Waals surface area contributed by atoms with Crippen LogP contribution in [0.2, 0.25) is 0 Å². The number of thioether (sulfide) groups is 1. The van der Waals surface area contributed by atoms with E-state index < -0.39 is 12.1 Å². The summed E-state index contributed by atoms with van der Waals surface area (Å²) in [5, 5.41) is 9.22. The third-order valence-corrected chi connectivity index (χ3v) is 6.32. The number of carboxylic acid groups (broad SMARTS) is 1. The maximum absolute atomic E-state index is 11.2. The standard InChI is InChI=1S/C28H25BrO3S/c1-3-26(28(30)31)32-27-16-15-25(19-20(27)2)33-18-17-23(22-11-13-24(29)14-12-22)10-9-21-7-5-4-6-8-21/h4-8,11-17,19,26H,3,18H2,1-2H3,(H,30,31). The Hall–Kier alpha value is -2.94. The van der Waals surface area contributed by atoms with E-state index in [4.69, 9.17) is 4.74 Å². The van der Waals surface area contributed by atoms with Crippen molar-refractivity contribution in [1.82, 2.24) is 0 Å². The SMILES string of the molecule is CCC(Oc1ccc(SCC=C(C#Cc2ccccc2)c2ccc(Br)cc2)cc1C)C(=O)O. The lowest BCUT2D eigenvalue weighted by atomic mass is 10.1. The summed E-state index contributed by atoms with van der Waals surface area (Å²) < 4.78 is 6.68. The number of carboxylic acids is 1.